The molecule has 0 atom stereocenters. The van der Waals surface area contributed by atoms with Crippen LogP contribution in [0.5, 0.6) is 5.75 Å². The highest BCUT2D eigenvalue weighted by Gasteiger charge is 2.18. The Kier molecular flexibility index (Phi) is 4.37. The Morgan fingerprint density at radius 3 is 2.78 bits per heavy atom. The van der Waals surface area contributed by atoms with Gasteiger partial charge in [-0.3, -0.25) is 4.79 Å². The standard InChI is InChI=1S/C15H20O3/c1-11-3-4-13(10-15(11)17-2)14(16)9-12-5-7-18-8-6-12/h3-4,10,12H,5-9H2,1-2H3. The third-order valence-electron chi connectivity index (χ3n) is 3.54. The quantitative estimate of drug-likeness (QED) is 0.768. The van der Waals surface area contributed by atoms with E-state index in [-0.39, 0.29) is 5.78 Å². The van der Waals surface area contributed by atoms with E-state index in [0.29, 0.717) is 12.3 Å². The molecular formula is C15H20O3. The number of benzene rings is 1. The van der Waals surface area contributed by atoms with Gasteiger partial charge < -0.3 is 9.47 Å². The first-order valence-electron chi connectivity index (χ1n) is 6.46. The summed E-state index contributed by atoms with van der Waals surface area (Å²) in [4.78, 5) is 12.2. The number of carbonyl (C=O) groups excluding carboxylic acids is 1. The minimum atomic E-state index is 0.209. The van der Waals surface area contributed by atoms with Crippen LogP contribution in [0.1, 0.15) is 35.2 Å². The van der Waals surface area contributed by atoms with E-state index in [1.165, 1.54) is 0 Å². The number of Topliss-reactive ketones (excluding diaryl/α,β-unsaturated/α-hetero) is 1. The molecule has 1 aliphatic rings. The fourth-order valence-electron chi connectivity index (χ4n) is 2.32. The Labute approximate surface area is 108 Å². The van der Waals surface area contributed by atoms with Gasteiger partial charge in [0.25, 0.3) is 0 Å². The maximum absolute atomic E-state index is 12.2. The lowest BCUT2D eigenvalue weighted by Crippen LogP contribution is -2.18. The molecule has 0 unspecified atom stereocenters. The van der Waals surface area contributed by atoms with E-state index in [0.717, 1.165) is 42.9 Å². The van der Waals surface area contributed by atoms with Crippen molar-refractivity contribution in [2.24, 2.45) is 5.92 Å². The fourth-order valence-corrected chi connectivity index (χ4v) is 2.32. The van der Waals surface area contributed by atoms with Crippen molar-refractivity contribution < 1.29 is 14.3 Å². The third kappa shape index (κ3) is 3.10. The highest BCUT2D eigenvalue weighted by Crippen LogP contribution is 2.24. The lowest BCUT2D eigenvalue weighted by molar-refractivity contribution is 0.0601. The molecule has 1 aliphatic heterocycles. The van der Waals surface area contributed by atoms with Crippen LogP contribution in [0.15, 0.2) is 18.2 Å². The number of rotatable bonds is 4. The molecule has 1 aromatic carbocycles. The largest absolute Gasteiger partial charge is 0.496 e. The minimum absolute atomic E-state index is 0.209. The van der Waals surface area contributed by atoms with Crippen molar-refractivity contribution in [2.75, 3.05) is 20.3 Å². The van der Waals surface area contributed by atoms with Crippen molar-refractivity contribution in [3.05, 3.63) is 29.3 Å². The average Bonchev–Trinajstić information content (AvgIpc) is 2.40. The normalized spacial score (nSPS) is 16.6. The summed E-state index contributed by atoms with van der Waals surface area (Å²) in [5, 5.41) is 0. The Balaban J connectivity index is 2.03. The first-order chi connectivity index (χ1) is 8.70. The second-order valence-corrected chi connectivity index (χ2v) is 4.87. The summed E-state index contributed by atoms with van der Waals surface area (Å²) in [6, 6.07) is 5.67. The SMILES string of the molecule is COc1cc(C(=O)CC2CCOCC2)ccc1C. The summed E-state index contributed by atoms with van der Waals surface area (Å²) < 4.78 is 10.6. The molecular weight excluding hydrogens is 228 g/mol. The summed E-state index contributed by atoms with van der Waals surface area (Å²) >= 11 is 0. The number of ether oxygens (including phenoxy) is 2. The van der Waals surface area contributed by atoms with Crippen LogP contribution < -0.4 is 4.74 Å². The lowest BCUT2D eigenvalue weighted by atomic mass is 9.92. The summed E-state index contributed by atoms with van der Waals surface area (Å²) in [5.41, 5.74) is 1.81. The van der Waals surface area contributed by atoms with Crippen molar-refractivity contribution in [3.8, 4) is 5.75 Å². The molecule has 1 fully saturated rings. The smallest absolute Gasteiger partial charge is 0.163 e. The van der Waals surface area contributed by atoms with E-state index < -0.39 is 0 Å². The topological polar surface area (TPSA) is 35.5 Å². The predicted octanol–water partition coefficient (Wildman–Crippen LogP) is 3.00. The first kappa shape index (κ1) is 13.1. The first-order valence-corrected chi connectivity index (χ1v) is 6.46. The van der Waals surface area contributed by atoms with Gasteiger partial charge in [0.15, 0.2) is 5.78 Å². The number of ketones is 1. The van der Waals surface area contributed by atoms with Crippen molar-refractivity contribution in [1.82, 2.24) is 0 Å². The van der Waals surface area contributed by atoms with E-state index in [1.807, 2.05) is 25.1 Å². The van der Waals surface area contributed by atoms with Gasteiger partial charge in [0.2, 0.25) is 0 Å². The molecule has 0 aromatic heterocycles. The molecule has 98 valence electrons. The molecule has 0 N–H and O–H groups in total. The van der Waals surface area contributed by atoms with Crippen molar-refractivity contribution in [1.29, 1.82) is 0 Å². The van der Waals surface area contributed by atoms with Crippen molar-refractivity contribution in [3.63, 3.8) is 0 Å². The molecule has 2 rings (SSSR count). The van der Waals surface area contributed by atoms with Crippen LogP contribution in [-0.4, -0.2) is 26.1 Å². The molecule has 0 bridgehead atoms. The second kappa shape index (κ2) is 6.01. The lowest BCUT2D eigenvalue weighted by Gasteiger charge is -2.21. The average molecular weight is 248 g/mol. The van der Waals surface area contributed by atoms with Gasteiger partial charge in [-0.25, -0.2) is 0 Å². The Hall–Kier alpha value is -1.35. The zero-order valence-corrected chi connectivity index (χ0v) is 11.1. The molecule has 0 saturated carbocycles. The van der Waals surface area contributed by atoms with Gasteiger partial charge in [-0.2, -0.15) is 0 Å². The Morgan fingerprint density at radius 1 is 1.39 bits per heavy atom. The number of aryl methyl sites for hydroxylation is 1. The second-order valence-electron chi connectivity index (χ2n) is 4.87. The van der Waals surface area contributed by atoms with Crippen LogP contribution in [-0.2, 0) is 4.74 Å². The van der Waals surface area contributed by atoms with Crippen LogP contribution in [0.4, 0.5) is 0 Å². The van der Waals surface area contributed by atoms with Gasteiger partial charge in [0, 0.05) is 25.2 Å². The molecule has 0 radical (unpaired) electrons. The monoisotopic (exact) mass is 248 g/mol. The number of hydrogen-bond acceptors (Lipinski definition) is 3. The third-order valence-corrected chi connectivity index (χ3v) is 3.54. The van der Waals surface area contributed by atoms with E-state index in [4.69, 9.17) is 9.47 Å². The van der Waals surface area contributed by atoms with E-state index in [9.17, 15) is 4.79 Å². The van der Waals surface area contributed by atoms with Crippen LogP contribution in [0.3, 0.4) is 0 Å². The molecule has 1 saturated heterocycles. The number of methoxy groups -OCH3 is 1. The number of carbonyl (C=O) groups is 1. The van der Waals surface area contributed by atoms with Gasteiger partial charge in [-0.15, -0.1) is 0 Å². The zero-order valence-electron chi connectivity index (χ0n) is 11.1. The van der Waals surface area contributed by atoms with E-state index >= 15 is 0 Å². The Morgan fingerprint density at radius 2 is 2.11 bits per heavy atom. The molecule has 0 aliphatic carbocycles. The summed E-state index contributed by atoms with van der Waals surface area (Å²) in [6.07, 6.45) is 2.61. The zero-order chi connectivity index (χ0) is 13.0. The van der Waals surface area contributed by atoms with Gasteiger partial charge in [0.05, 0.1) is 7.11 Å². The van der Waals surface area contributed by atoms with Gasteiger partial charge >= 0.3 is 0 Å². The van der Waals surface area contributed by atoms with Gasteiger partial charge in [-0.05, 0) is 37.3 Å². The van der Waals surface area contributed by atoms with Crippen LogP contribution in [0.25, 0.3) is 0 Å². The van der Waals surface area contributed by atoms with Crippen molar-refractivity contribution in [2.45, 2.75) is 26.2 Å². The van der Waals surface area contributed by atoms with Crippen LogP contribution >= 0.6 is 0 Å². The predicted molar refractivity (Wildman–Crippen MR) is 70.2 cm³/mol. The summed E-state index contributed by atoms with van der Waals surface area (Å²) in [5.74, 6) is 1.46. The van der Waals surface area contributed by atoms with E-state index in [1.54, 1.807) is 7.11 Å². The van der Waals surface area contributed by atoms with E-state index in [2.05, 4.69) is 0 Å². The molecule has 18 heavy (non-hydrogen) atoms. The van der Waals surface area contributed by atoms with Crippen molar-refractivity contribution >= 4 is 5.78 Å². The molecule has 0 amide bonds. The maximum atomic E-state index is 12.2. The van der Waals surface area contributed by atoms with Crippen LogP contribution in [0, 0.1) is 12.8 Å². The molecule has 1 heterocycles. The fraction of sp³-hybridized carbons (Fsp3) is 0.533. The highest BCUT2D eigenvalue weighted by atomic mass is 16.5. The molecule has 0 spiro atoms. The van der Waals surface area contributed by atoms with Crippen LogP contribution in [0.2, 0.25) is 0 Å². The maximum Gasteiger partial charge on any atom is 0.163 e. The van der Waals surface area contributed by atoms with Gasteiger partial charge in [0.1, 0.15) is 5.75 Å². The molecule has 3 nitrogen and oxygen atoms in total. The number of hydrogen-bond donors (Lipinski definition) is 0. The molecule has 3 heteroatoms. The summed E-state index contributed by atoms with van der Waals surface area (Å²) in [6.45, 7) is 3.55. The Bertz CT molecular complexity index is 420. The molecule has 1 aromatic rings. The highest BCUT2D eigenvalue weighted by molar-refractivity contribution is 5.96. The minimum Gasteiger partial charge on any atom is -0.496 e. The van der Waals surface area contributed by atoms with Gasteiger partial charge in [-0.1, -0.05) is 12.1 Å². The summed E-state index contributed by atoms with van der Waals surface area (Å²) in [7, 11) is 1.63.